The van der Waals surface area contributed by atoms with E-state index in [0.29, 0.717) is 17.2 Å². The van der Waals surface area contributed by atoms with Crippen molar-refractivity contribution in [3.8, 4) is 0 Å². The van der Waals surface area contributed by atoms with E-state index >= 15 is 0 Å². The second kappa shape index (κ2) is 3.95. The summed E-state index contributed by atoms with van der Waals surface area (Å²) in [5.41, 5.74) is 9.96. The Bertz CT molecular complexity index is 635. The molecule has 2 aromatic heterocycles. The number of aryl methyl sites for hydroxylation is 1. The number of nitrogens with zero attached hydrogens (tertiary/aromatic N) is 3. The Morgan fingerprint density at radius 1 is 1.32 bits per heavy atom. The van der Waals surface area contributed by atoms with Gasteiger partial charge in [-0.15, -0.1) is 0 Å². The van der Waals surface area contributed by atoms with E-state index in [1.54, 1.807) is 6.33 Å². The summed E-state index contributed by atoms with van der Waals surface area (Å²) in [7, 11) is 0. The minimum Gasteiger partial charge on any atom is -0.383 e. The van der Waals surface area contributed by atoms with Crippen molar-refractivity contribution >= 4 is 16.9 Å². The van der Waals surface area contributed by atoms with E-state index in [4.69, 9.17) is 5.73 Å². The standard InChI is InChI=1S/C15H22N4/c1-9(2)15(5-6-15)7-19-11(4)10(3)12-13(16)17-8-18-14(12)19/h8-9H,5-7H2,1-4H3,(H2,16,17,18). The molecule has 2 N–H and O–H groups in total. The second-order valence-corrected chi connectivity index (χ2v) is 6.27. The van der Waals surface area contributed by atoms with Crippen molar-refractivity contribution in [2.24, 2.45) is 11.3 Å². The fourth-order valence-corrected chi connectivity index (χ4v) is 3.08. The maximum absolute atomic E-state index is 6.01. The molecule has 3 rings (SSSR count). The van der Waals surface area contributed by atoms with Crippen LogP contribution in [-0.4, -0.2) is 14.5 Å². The van der Waals surface area contributed by atoms with E-state index in [2.05, 4.69) is 42.2 Å². The molecule has 4 nitrogen and oxygen atoms in total. The monoisotopic (exact) mass is 258 g/mol. The highest BCUT2D eigenvalue weighted by atomic mass is 15.1. The van der Waals surface area contributed by atoms with Crippen molar-refractivity contribution in [2.45, 2.75) is 47.1 Å². The Balaban J connectivity index is 2.14. The van der Waals surface area contributed by atoms with E-state index in [0.717, 1.165) is 17.6 Å². The molecule has 4 heteroatoms. The summed E-state index contributed by atoms with van der Waals surface area (Å²) < 4.78 is 2.34. The van der Waals surface area contributed by atoms with Crippen LogP contribution in [0.2, 0.25) is 0 Å². The third kappa shape index (κ3) is 1.73. The number of nitrogen functional groups attached to an aromatic ring is 1. The molecule has 1 fully saturated rings. The molecule has 1 saturated carbocycles. The number of hydrogen-bond donors (Lipinski definition) is 1. The summed E-state index contributed by atoms with van der Waals surface area (Å²) >= 11 is 0. The number of anilines is 1. The lowest BCUT2D eigenvalue weighted by Crippen LogP contribution is -2.18. The number of rotatable bonds is 3. The predicted octanol–water partition coefficient (Wildman–Crippen LogP) is 3.07. The minimum absolute atomic E-state index is 0.461. The summed E-state index contributed by atoms with van der Waals surface area (Å²) in [5, 5.41) is 1.03. The Morgan fingerprint density at radius 2 is 2.00 bits per heavy atom. The Hall–Kier alpha value is -1.58. The largest absolute Gasteiger partial charge is 0.383 e. The first-order chi connectivity index (χ1) is 8.96. The van der Waals surface area contributed by atoms with E-state index in [9.17, 15) is 0 Å². The highest BCUT2D eigenvalue weighted by molar-refractivity contribution is 5.90. The number of hydrogen-bond acceptors (Lipinski definition) is 3. The molecule has 1 aliphatic carbocycles. The third-order valence-electron chi connectivity index (χ3n) is 5.02. The van der Waals surface area contributed by atoms with Gasteiger partial charge in [-0.1, -0.05) is 13.8 Å². The molecule has 0 aromatic carbocycles. The SMILES string of the molecule is Cc1c(C)n(CC2(C(C)C)CC2)c2ncnc(N)c12. The van der Waals surface area contributed by atoms with Gasteiger partial charge in [-0.2, -0.15) is 0 Å². The molecule has 1 aliphatic rings. The lowest BCUT2D eigenvalue weighted by Gasteiger charge is -2.21. The van der Waals surface area contributed by atoms with E-state index in [1.807, 2.05) is 0 Å². The number of fused-ring (bicyclic) bond motifs is 1. The Morgan fingerprint density at radius 3 is 2.58 bits per heavy atom. The van der Waals surface area contributed by atoms with Crippen molar-refractivity contribution in [3.05, 3.63) is 17.6 Å². The summed E-state index contributed by atoms with van der Waals surface area (Å²) in [6.07, 6.45) is 4.22. The van der Waals surface area contributed by atoms with Gasteiger partial charge in [0, 0.05) is 12.2 Å². The first-order valence-electron chi connectivity index (χ1n) is 7.02. The minimum atomic E-state index is 0.461. The van der Waals surface area contributed by atoms with Gasteiger partial charge in [0.15, 0.2) is 0 Å². The third-order valence-corrected chi connectivity index (χ3v) is 5.02. The average Bonchev–Trinajstić information content (AvgIpc) is 3.10. The van der Waals surface area contributed by atoms with E-state index in [1.165, 1.54) is 24.1 Å². The smallest absolute Gasteiger partial charge is 0.145 e. The quantitative estimate of drug-likeness (QED) is 0.920. The van der Waals surface area contributed by atoms with Gasteiger partial charge >= 0.3 is 0 Å². The number of aromatic nitrogens is 3. The second-order valence-electron chi connectivity index (χ2n) is 6.27. The summed E-state index contributed by atoms with van der Waals surface area (Å²) in [5.74, 6) is 1.31. The van der Waals surface area contributed by atoms with E-state index < -0.39 is 0 Å². The van der Waals surface area contributed by atoms with Gasteiger partial charge in [0.05, 0.1) is 5.39 Å². The van der Waals surface area contributed by atoms with Gasteiger partial charge in [-0.25, -0.2) is 9.97 Å². The van der Waals surface area contributed by atoms with Crippen molar-refractivity contribution < 1.29 is 0 Å². The molecule has 2 heterocycles. The van der Waals surface area contributed by atoms with Gasteiger partial charge < -0.3 is 10.3 Å². The van der Waals surface area contributed by atoms with Crippen molar-refractivity contribution in [2.75, 3.05) is 5.73 Å². The van der Waals surface area contributed by atoms with Crippen molar-refractivity contribution in [1.29, 1.82) is 0 Å². The molecular formula is C15H22N4. The van der Waals surface area contributed by atoms with Gasteiger partial charge in [0.1, 0.15) is 17.8 Å². The van der Waals surface area contributed by atoms with Gasteiger partial charge in [0.2, 0.25) is 0 Å². The molecule has 0 bridgehead atoms. The van der Waals surface area contributed by atoms with Gasteiger partial charge in [-0.05, 0) is 43.6 Å². The van der Waals surface area contributed by atoms with Crippen LogP contribution in [0, 0.1) is 25.2 Å². The van der Waals surface area contributed by atoms with Crippen LogP contribution in [0.4, 0.5) is 5.82 Å². The highest BCUT2D eigenvalue weighted by Gasteiger charge is 2.46. The average molecular weight is 258 g/mol. The Kier molecular flexibility index (Phi) is 2.59. The molecule has 0 amide bonds. The van der Waals surface area contributed by atoms with Crippen LogP contribution >= 0.6 is 0 Å². The first kappa shape index (κ1) is 12.5. The lowest BCUT2D eigenvalue weighted by molar-refractivity contribution is 0.310. The Labute approximate surface area is 114 Å². The topological polar surface area (TPSA) is 56.7 Å². The molecule has 0 spiro atoms. The zero-order valence-electron chi connectivity index (χ0n) is 12.2. The van der Waals surface area contributed by atoms with Crippen LogP contribution in [-0.2, 0) is 6.54 Å². The molecule has 0 aliphatic heterocycles. The molecule has 102 valence electrons. The zero-order chi connectivity index (χ0) is 13.8. The fourth-order valence-electron chi connectivity index (χ4n) is 3.08. The van der Waals surface area contributed by atoms with Crippen LogP contribution in [0.1, 0.15) is 37.9 Å². The van der Waals surface area contributed by atoms with Crippen LogP contribution in [0.15, 0.2) is 6.33 Å². The van der Waals surface area contributed by atoms with Crippen LogP contribution in [0.5, 0.6) is 0 Å². The molecular weight excluding hydrogens is 236 g/mol. The molecule has 0 saturated heterocycles. The molecule has 19 heavy (non-hydrogen) atoms. The van der Waals surface area contributed by atoms with Crippen molar-refractivity contribution in [3.63, 3.8) is 0 Å². The van der Waals surface area contributed by atoms with Gasteiger partial charge in [0.25, 0.3) is 0 Å². The molecule has 0 unspecified atom stereocenters. The van der Waals surface area contributed by atoms with Crippen LogP contribution in [0.25, 0.3) is 11.0 Å². The first-order valence-corrected chi connectivity index (χ1v) is 7.02. The number of nitrogens with two attached hydrogens (primary N) is 1. The van der Waals surface area contributed by atoms with Crippen LogP contribution < -0.4 is 5.73 Å². The normalized spacial score (nSPS) is 17.3. The summed E-state index contributed by atoms with van der Waals surface area (Å²) in [6, 6.07) is 0. The van der Waals surface area contributed by atoms with Crippen molar-refractivity contribution in [1.82, 2.24) is 14.5 Å². The fraction of sp³-hybridized carbons (Fsp3) is 0.600. The van der Waals surface area contributed by atoms with E-state index in [-0.39, 0.29) is 0 Å². The lowest BCUT2D eigenvalue weighted by atomic mass is 9.92. The summed E-state index contributed by atoms with van der Waals surface area (Å²) in [4.78, 5) is 8.59. The van der Waals surface area contributed by atoms with Gasteiger partial charge in [-0.3, -0.25) is 0 Å². The zero-order valence-corrected chi connectivity index (χ0v) is 12.2. The molecule has 2 aromatic rings. The molecule has 0 atom stereocenters. The summed E-state index contributed by atoms with van der Waals surface area (Å²) in [6.45, 7) is 9.97. The highest BCUT2D eigenvalue weighted by Crippen LogP contribution is 2.53. The molecule has 0 radical (unpaired) electrons. The van der Waals surface area contributed by atoms with Crippen LogP contribution in [0.3, 0.4) is 0 Å². The maximum atomic E-state index is 6.01. The predicted molar refractivity (Wildman–Crippen MR) is 77.9 cm³/mol. The maximum Gasteiger partial charge on any atom is 0.145 e.